The van der Waals surface area contributed by atoms with E-state index in [9.17, 15) is 0 Å². The van der Waals surface area contributed by atoms with Crippen LogP contribution in [0.2, 0.25) is 0 Å². The van der Waals surface area contributed by atoms with Crippen LogP contribution in [0.1, 0.15) is 13.3 Å². The lowest BCUT2D eigenvalue weighted by molar-refractivity contribution is 0.357. The predicted octanol–water partition coefficient (Wildman–Crippen LogP) is 1.83. The fourth-order valence-electron chi connectivity index (χ4n) is 0.216. The standard InChI is InChI=1S/C3H9ClNOPS/c1-2-3-6-7(4,5)8/h2-3H2,1H3,(H2,5,8). The van der Waals surface area contributed by atoms with Gasteiger partial charge in [-0.2, -0.15) is 0 Å². The first-order valence-electron chi connectivity index (χ1n) is 2.29. The smallest absolute Gasteiger partial charge is 0.216 e. The van der Waals surface area contributed by atoms with Crippen LogP contribution in [0.5, 0.6) is 0 Å². The van der Waals surface area contributed by atoms with Gasteiger partial charge in [0, 0.05) is 0 Å². The average Bonchev–Trinajstić information content (AvgIpc) is 1.59. The second-order valence-corrected chi connectivity index (χ2v) is 6.39. The molecule has 0 fully saturated rings. The van der Waals surface area contributed by atoms with Gasteiger partial charge in [0.05, 0.1) is 6.61 Å². The van der Waals surface area contributed by atoms with E-state index in [0.717, 1.165) is 6.42 Å². The van der Waals surface area contributed by atoms with Gasteiger partial charge in [0.25, 0.3) is 0 Å². The van der Waals surface area contributed by atoms with Gasteiger partial charge in [0.2, 0.25) is 5.77 Å². The van der Waals surface area contributed by atoms with E-state index in [1.165, 1.54) is 0 Å². The number of halogens is 1. The Kier molecular flexibility index (Phi) is 4.21. The molecule has 0 amide bonds. The van der Waals surface area contributed by atoms with E-state index in [0.29, 0.717) is 6.61 Å². The van der Waals surface area contributed by atoms with Gasteiger partial charge in [-0.15, -0.1) is 0 Å². The molecule has 0 aliphatic rings. The summed E-state index contributed by atoms with van der Waals surface area (Å²) in [7, 11) is 0. The average molecular weight is 174 g/mol. The van der Waals surface area contributed by atoms with Crippen LogP contribution in [-0.2, 0) is 16.3 Å². The Hall–Kier alpha value is 0.860. The van der Waals surface area contributed by atoms with Crippen LogP contribution < -0.4 is 5.50 Å². The molecule has 0 aromatic heterocycles. The summed E-state index contributed by atoms with van der Waals surface area (Å²) in [6, 6.07) is 0. The Bertz CT molecular complexity index is 103. The van der Waals surface area contributed by atoms with Crippen molar-refractivity contribution in [2.75, 3.05) is 6.61 Å². The van der Waals surface area contributed by atoms with Gasteiger partial charge in [0.15, 0.2) is 0 Å². The first-order chi connectivity index (χ1) is 3.56. The van der Waals surface area contributed by atoms with Crippen molar-refractivity contribution in [2.45, 2.75) is 13.3 Å². The molecular formula is C3H9ClNOPS. The van der Waals surface area contributed by atoms with Crippen molar-refractivity contribution in [1.82, 2.24) is 0 Å². The molecule has 2 nitrogen and oxygen atoms in total. The Balaban J connectivity index is 3.26. The van der Waals surface area contributed by atoms with Crippen LogP contribution in [0, 0.1) is 0 Å². The molecule has 0 aromatic carbocycles. The highest BCUT2D eigenvalue weighted by Crippen LogP contribution is 2.43. The number of rotatable bonds is 3. The lowest BCUT2D eigenvalue weighted by Crippen LogP contribution is -1.93. The van der Waals surface area contributed by atoms with Gasteiger partial charge in [-0.1, -0.05) is 6.92 Å². The summed E-state index contributed by atoms with van der Waals surface area (Å²) in [5.41, 5.74) is 5.19. The summed E-state index contributed by atoms with van der Waals surface area (Å²) in [5, 5.41) is 0. The van der Waals surface area contributed by atoms with Gasteiger partial charge >= 0.3 is 0 Å². The normalized spacial score (nSPS) is 17.9. The Morgan fingerprint density at radius 2 is 2.38 bits per heavy atom. The molecule has 0 saturated heterocycles. The Labute approximate surface area is 59.3 Å². The molecule has 2 N–H and O–H groups in total. The van der Waals surface area contributed by atoms with Gasteiger partial charge in [-0.25, -0.2) is 0 Å². The quantitative estimate of drug-likeness (QED) is 0.662. The number of nitrogens with two attached hydrogens (primary N) is 1. The largest absolute Gasteiger partial charge is 0.327 e. The van der Waals surface area contributed by atoms with E-state index >= 15 is 0 Å². The van der Waals surface area contributed by atoms with Crippen LogP contribution in [-0.4, -0.2) is 6.61 Å². The van der Waals surface area contributed by atoms with Crippen LogP contribution in [0.15, 0.2) is 0 Å². The maximum atomic E-state index is 5.39. The fourth-order valence-corrected chi connectivity index (χ4v) is 1.08. The maximum absolute atomic E-state index is 5.39. The SMILES string of the molecule is CCCOP(N)(=S)Cl. The zero-order valence-corrected chi connectivity index (χ0v) is 7.10. The highest BCUT2D eigenvalue weighted by atomic mass is 35.7. The highest BCUT2D eigenvalue weighted by molar-refractivity contribution is 8.23. The van der Waals surface area contributed by atoms with Crippen LogP contribution in [0.25, 0.3) is 0 Å². The minimum absolute atomic E-state index is 0.567. The summed E-state index contributed by atoms with van der Waals surface area (Å²) in [6.07, 6.45) is 0.905. The monoisotopic (exact) mass is 173 g/mol. The van der Waals surface area contributed by atoms with E-state index in [2.05, 4.69) is 11.8 Å². The molecule has 0 heterocycles. The van der Waals surface area contributed by atoms with Gasteiger partial charge in [-0.3, -0.25) is 5.50 Å². The van der Waals surface area contributed by atoms with Crippen molar-refractivity contribution in [2.24, 2.45) is 5.50 Å². The summed E-state index contributed by atoms with van der Waals surface area (Å²) >= 11 is 9.98. The minimum atomic E-state index is -2.38. The third-order valence-corrected chi connectivity index (χ3v) is 1.62. The molecule has 1 atom stereocenters. The first-order valence-corrected chi connectivity index (χ1v) is 5.98. The third-order valence-electron chi connectivity index (χ3n) is 0.471. The summed E-state index contributed by atoms with van der Waals surface area (Å²) in [5.74, 6) is -2.38. The van der Waals surface area contributed by atoms with Crippen molar-refractivity contribution >= 4 is 28.8 Å². The predicted molar refractivity (Wildman–Crippen MR) is 40.6 cm³/mol. The zero-order chi connectivity index (χ0) is 6.62. The zero-order valence-electron chi connectivity index (χ0n) is 4.63. The lowest BCUT2D eigenvalue weighted by Gasteiger charge is -2.05. The summed E-state index contributed by atoms with van der Waals surface area (Å²) in [4.78, 5) is 0. The van der Waals surface area contributed by atoms with E-state index in [1.807, 2.05) is 6.92 Å². The Morgan fingerprint density at radius 1 is 1.88 bits per heavy atom. The van der Waals surface area contributed by atoms with Crippen LogP contribution >= 0.6 is 17.0 Å². The lowest BCUT2D eigenvalue weighted by atomic mass is 10.5. The van der Waals surface area contributed by atoms with Crippen molar-refractivity contribution < 1.29 is 4.52 Å². The molecule has 0 spiro atoms. The molecule has 1 unspecified atom stereocenters. The molecule has 0 aromatic rings. The molecule has 5 heteroatoms. The first kappa shape index (κ1) is 8.86. The van der Waals surface area contributed by atoms with Crippen LogP contribution in [0.3, 0.4) is 0 Å². The maximum Gasteiger partial charge on any atom is 0.216 e. The van der Waals surface area contributed by atoms with Crippen LogP contribution in [0.4, 0.5) is 0 Å². The summed E-state index contributed by atoms with van der Waals surface area (Å²) < 4.78 is 4.85. The topological polar surface area (TPSA) is 35.2 Å². The van der Waals surface area contributed by atoms with Crippen molar-refractivity contribution in [1.29, 1.82) is 0 Å². The molecule has 0 saturated carbocycles. The fraction of sp³-hybridized carbons (Fsp3) is 1.00. The molecule has 0 aliphatic heterocycles. The third kappa shape index (κ3) is 6.86. The minimum Gasteiger partial charge on any atom is -0.327 e. The second kappa shape index (κ2) is 3.80. The molecule has 0 rings (SSSR count). The molecule has 8 heavy (non-hydrogen) atoms. The number of hydrogen-bond donors (Lipinski definition) is 1. The molecule has 0 aliphatic carbocycles. The molecular weight excluding hydrogens is 165 g/mol. The Morgan fingerprint density at radius 3 is 2.50 bits per heavy atom. The molecule has 0 bridgehead atoms. The summed E-state index contributed by atoms with van der Waals surface area (Å²) in [6.45, 7) is 2.54. The van der Waals surface area contributed by atoms with E-state index < -0.39 is 5.77 Å². The van der Waals surface area contributed by atoms with Gasteiger partial charge in [0.1, 0.15) is 0 Å². The highest BCUT2D eigenvalue weighted by Gasteiger charge is 2.02. The van der Waals surface area contributed by atoms with E-state index in [1.54, 1.807) is 0 Å². The van der Waals surface area contributed by atoms with Gasteiger partial charge in [-0.05, 0) is 29.5 Å². The molecule has 0 radical (unpaired) electrons. The molecule has 50 valence electrons. The van der Waals surface area contributed by atoms with E-state index in [4.69, 9.17) is 21.3 Å². The van der Waals surface area contributed by atoms with E-state index in [-0.39, 0.29) is 0 Å². The second-order valence-electron chi connectivity index (χ2n) is 1.35. The van der Waals surface area contributed by atoms with Gasteiger partial charge < -0.3 is 4.52 Å². The number of hydrogen-bond acceptors (Lipinski definition) is 2. The van der Waals surface area contributed by atoms with Crippen molar-refractivity contribution in [3.05, 3.63) is 0 Å². The van der Waals surface area contributed by atoms with Crippen molar-refractivity contribution in [3.63, 3.8) is 0 Å². The van der Waals surface area contributed by atoms with Crippen molar-refractivity contribution in [3.8, 4) is 0 Å².